The maximum atomic E-state index is 12.6. The van der Waals surface area contributed by atoms with Gasteiger partial charge >= 0.3 is 15.5 Å². The lowest BCUT2D eigenvalue weighted by Crippen LogP contribution is -2.47. The van der Waals surface area contributed by atoms with Gasteiger partial charge in [0.1, 0.15) is 0 Å². The molecule has 1 aromatic rings. The average molecular weight is 423 g/mol. The maximum Gasteiger partial charge on any atom is 0.511 e. The highest BCUT2D eigenvalue weighted by molar-refractivity contribution is 7.90. The fourth-order valence-electron chi connectivity index (χ4n) is 2.78. The molecule has 12 heteroatoms. The van der Waals surface area contributed by atoms with Crippen molar-refractivity contribution in [3.8, 4) is 5.88 Å². The van der Waals surface area contributed by atoms with E-state index in [-0.39, 0.29) is 19.0 Å². The molecule has 2 N–H and O–H groups in total. The number of nitrogens with one attached hydrogen (secondary N) is 2. The molecular formula is C16H24F3N5O3S. The molecule has 158 valence electrons. The van der Waals surface area contributed by atoms with Crippen molar-refractivity contribution in [3.05, 3.63) is 23.9 Å². The van der Waals surface area contributed by atoms with Gasteiger partial charge in [0.25, 0.3) is 0 Å². The second kappa shape index (κ2) is 9.41. The van der Waals surface area contributed by atoms with E-state index in [0.29, 0.717) is 42.1 Å². The summed E-state index contributed by atoms with van der Waals surface area (Å²) in [6.07, 6.45) is 2.37. The normalized spacial score (nSPS) is 17.4. The minimum atomic E-state index is -5.25. The number of halogens is 3. The van der Waals surface area contributed by atoms with Gasteiger partial charge in [0.15, 0.2) is 5.96 Å². The Morgan fingerprint density at radius 2 is 2.00 bits per heavy atom. The van der Waals surface area contributed by atoms with Crippen LogP contribution in [0.15, 0.2) is 23.3 Å². The Kier molecular flexibility index (Phi) is 7.47. The molecule has 0 unspecified atom stereocenters. The first-order chi connectivity index (χ1) is 13.2. The van der Waals surface area contributed by atoms with Crippen molar-refractivity contribution in [1.29, 1.82) is 0 Å². The molecule has 0 radical (unpaired) electrons. The number of guanidine groups is 1. The van der Waals surface area contributed by atoms with E-state index in [1.165, 1.54) is 7.11 Å². The van der Waals surface area contributed by atoms with E-state index in [2.05, 4.69) is 20.6 Å². The van der Waals surface area contributed by atoms with Gasteiger partial charge in [-0.15, -0.1) is 0 Å². The van der Waals surface area contributed by atoms with E-state index in [9.17, 15) is 21.6 Å². The van der Waals surface area contributed by atoms with Gasteiger partial charge in [0.2, 0.25) is 5.88 Å². The van der Waals surface area contributed by atoms with Gasteiger partial charge in [0, 0.05) is 45.5 Å². The molecule has 0 atom stereocenters. The minimum Gasteiger partial charge on any atom is -0.481 e. The summed E-state index contributed by atoms with van der Waals surface area (Å²) in [5, 5.41) is 6.24. The molecule has 0 aliphatic carbocycles. The van der Waals surface area contributed by atoms with Gasteiger partial charge in [-0.3, -0.25) is 4.99 Å². The summed E-state index contributed by atoms with van der Waals surface area (Å²) >= 11 is 0. The van der Waals surface area contributed by atoms with Crippen LogP contribution in [-0.2, 0) is 16.6 Å². The highest BCUT2D eigenvalue weighted by atomic mass is 32.2. The van der Waals surface area contributed by atoms with Crippen molar-refractivity contribution in [2.45, 2.75) is 24.9 Å². The third-order valence-corrected chi connectivity index (χ3v) is 6.08. The van der Waals surface area contributed by atoms with Crippen molar-refractivity contribution >= 4 is 16.0 Å². The zero-order chi connectivity index (χ0) is 20.8. The molecule has 0 saturated carbocycles. The van der Waals surface area contributed by atoms with Crippen LogP contribution >= 0.6 is 0 Å². The number of nitrogens with zero attached hydrogens (tertiary/aromatic N) is 3. The lowest BCUT2D eigenvalue weighted by Gasteiger charge is -2.31. The van der Waals surface area contributed by atoms with Gasteiger partial charge in [-0.25, -0.2) is 13.4 Å². The average Bonchev–Trinajstić information content (AvgIpc) is 2.68. The number of piperidine rings is 1. The number of hydrogen-bond acceptors (Lipinski definition) is 5. The highest BCUT2D eigenvalue weighted by Crippen LogP contribution is 2.30. The van der Waals surface area contributed by atoms with Gasteiger partial charge in [-0.2, -0.15) is 17.5 Å². The molecule has 2 heterocycles. The van der Waals surface area contributed by atoms with Crippen molar-refractivity contribution in [2.24, 2.45) is 10.9 Å². The molecule has 28 heavy (non-hydrogen) atoms. The molecule has 2 rings (SSSR count). The van der Waals surface area contributed by atoms with Crippen LogP contribution in [0.5, 0.6) is 5.88 Å². The Labute approximate surface area is 162 Å². The summed E-state index contributed by atoms with van der Waals surface area (Å²) in [5.74, 6) is 1.12. The van der Waals surface area contributed by atoms with Crippen LogP contribution in [0.1, 0.15) is 18.4 Å². The number of pyridine rings is 1. The predicted octanol–water partition coefficient (Wildman–Crippen LogP) is 1.32. The first kappa shape index (κ1) is 22.2. The Balaban J connectivity index is 1.77. The number of methoxy groups -OCH3 is 1. The fraction of sp³-hybridized carbons (Fsp3) is 0.625. The van der Waals surface area contributed by atoms with Crippen LogP contribution < -0.4 is 15.4 Å². The monoisotopic (exact) mass is 423 g/mol. The summed E-state index contributed by atoms with van der Waals surface area (Å²) in [4.78, 5) is 8.21. The summed E-state index contributed by atoms with van der Waals surface area (Å²) in [5.41, 5.74) is -4.32. The van der Waals surface area contributed by atoms with E-state index >= 15 is 0 Å². The highest BCUT2D eigenvalue weighted by Gasteiger charge is 2.50. The molecule has 1 aliphatic rings. The van der Waals surface area contributed by atoms with Gasteiger partial charge in [-0.1, -0.05) is 6.07 Å². The quantitative estimate of drug-likeness (QED) is 0.529. The Morgan fingerprint density at radius 3 is 2.50 bits per heavy atom. The maximum absolute atomic E-state index is 12.6. The molecule has 0 bridgehead atoms. The van der Waals surface area contributed by atoms with Crippen LogP contribution in [0.3, 0.4) is 0 Å². The van der Waals surface area contributed by atoms with Crippen molar-refractivity contribution in [1.82, 2.24) is 19.9 Å². The van der Waals surface area contributed by atoms with Gasteiger partial charge in [0.05, 0.1) is 7.11 Å². The Hall–Kier alpha value is -2.08. The molecule has 1 saturated heterocycles. The second-order valence-electron chi connectivity index (χ2n) is 6.31. The molecule has 1 fully saturated rings. The molecule has 0 aromatic carbocycles. The first-order valence-corrected chi connectivity index (χ1v) is 10.1. The zero-order valence-corrected chi connectivity index (χ0v) is 16.5. The van der Waals surface area contributed by atoms with Crippen LogP contribution in [-0.4, -0.2) is 63.0 Å². The third kappa shape index (κ3) is 5.71. The van der Waals surface area contributed by atoms with E-state index < -0.39 is 15.5 Å². The van der Waals surface area contributed by atoms with Crippen LogP contribution in [0.2, 0.25) is 0 Å². The van der Waals surface area contributed by atoms with Crippen molar-refractivity contribution in [3.63, 3.8) is 0 Å². The van der Waals surface area contributed by atoms with Gasteiger partial charge < -0.3 is 15.4 Å². The minimum absolute atomic E-state index is 0.0564. The summed E-state index contributed by atoms with van der Waals surface area (Å²) in [7, 11) is -2.09. The third-order valence-electron chi connectivity index (χ3n) is 4.45. The lowest BCUT2D eigenvalue weighted by molar-refractivity contribution is -0.0496. The molecule has 1 aromatic heterocycles. The van der Waals surface area contributed by atoms with Crippen molar-refractivity contribution in [2.75, 3.05) is 33.8 Å². The number of aromatic nitrogens is 1. The molecule has 8 nitrogen and oxygen atoms in total. The number of rotatable bonds is 6. The van der Waals surface area contributed by atoms with Crippen LogP contribution in [0.25, 0.3) is 0 Å². The number of alkyl halides is 3. The summed E-state index contributed by atoms with van der Waals surface area (Å²) in [6, 6.07) is 3.61. The second-order valence-corrected chi connectivity index (χ2v) is 8.24. The summed E-state index contributed by atoms with van der Waals surface area (Å²) < 4.78 is 66.2. The standard InChI is InChI=1S/C16H24F3N5O3S/c1-20-15(23-11-13-3-4-14(27-2)21-10-13)22-9-12-5-7-24(8-6-12)28(25,26)16(17,18)19/h3-4,10,12H,5-9,11H2,1-2H3,(H2,20,22,23). The van der Waals surface area contributed by atoms with Gasteiger partial charge in [-0.05, 0) is 24.3 Å². The van der Waals surface area contributed by atoms with E-state index in [1.807, 2.05) is 6.07 Å². The molecular weight excluding hydrogens is 399 g/mol. The van der Waals surface area contributed by atoms with Crippen LogP contribution in [0.4, 0.5) is 13.2 Å². The lowest BCUT2D eigenvalue weighted by atomic mass is 9.98. The first-order valence-electron chi connectivity index (χ1n) is 8.67. The molecule has 0 amide bonds. The van der Waals surface area contributed by atoms with Crippen LogP contribution in [0, 0.1) is 5.92 Å². The summed E-state index contributed by atoms with van der Waals surface area (Å²) in [6.45, 7) is 0.689. The fourth-order valence-corrected chi connectivity index (χ4v) is 3.77. The van der Waals surface area contributed by atoms with E-state index in [1.54, 1.807) is 19.3 Å². The number of aliphatic imine (C=N–C) groups is 1. The Morgan fingerprint density at radius 1 is 1.32 bits per heavy atom. The zero-order valence-electron chi connectivity index (χ0n) is 15.7. The topological polar surface area (TPSA) is 95.9 Å². The Bertz CT molecular complexity index is 761. The number of hydrogen-bond donors (Lipinski definition) is 2. The van der Waals surface area contributed by atoms with E-state index in [0.717, 1.165) is 5.56 Å². The smallest absolute Gasteiger partial charge is 0.481 e. The van der Waals surface area contributed by atoms with E-state index in [4.69, 9.17) is 4.74 Å². The number of ether oxygens (including phenoxy) is 1. The van der Waals surface area contributed by atoms with Crippen molar-refractivity contribution < 1.29 is 26.3 Å². The SMILES string of the molecule is CN=C(NCc1ccc(OC)nc1)NCC1CCN(S(=O)(=O)C(F)(F)F)CC1. The largest absolute Gasteiger partial charge is 0.511 e. The molecule has 0 spiro atoms. The molecule has 1 aliphatic heterocycles. The predicted molar refractivity (Wildman–Crippen MR) is 98.3 cm³/mol. The number of sulfonamides is 1.